The molecule has 0 aromatic heterocycles. The van der Waals surface area contributed by atoms with Crippen molar-refractivity contribution in [2.24, 2.45) is 28.6 Å². The van der Waals surface area contributed by atoms with Gasteiger partial charge in [-0.25, -0.2) is 13.2 Å². The Balaban J connectivity index is 0.000000784. The van der Waals surface area contributed by atoms with Crippen LogP contribution in [0.25, 0.3) is 0 Å². The molecule has 2 heterocycles. The molecule has 0 radical (unpaired) electrons. The molecule has 11 nitrogen and oxygen atoms in total. The highest BCUT2D eigenvalue weighted by molar-refractivity contribution is 7.89. The van der Waals surface area contributed by atoms with Crippen molar-refractivity contribution >= 4 is 21.9 Å². The van der Waals surface area contributed by atoms with E-state index in [9.17, 15) is 26.4 Å². The molecule has 4 fully saturated rings. The molecule has 6 atom stereocenters. The van der Waals surface area contributed by atoms with E-state index in [1.165, 1.54) is 10.7 Å². The number of likely N-dealkylation sites (N-methyl/N-ethyl adjacent to an activating group) is 1. The SMILES string of the molecule is C[C@@H]1[C@@H](NC(=O)C2CCS(=O)(=O)N2Cc2cccc(CN(Cc3cccc4c3OCO4)[C@H](CN(C)C)CC(C)(C)C)c2)C[C@H]2C[C@@H]1C2(C)C.O=C(O)C(F)(F)F. The third-order valence-corrected chi connectivity index (χ3v) is 13.9. The molecular formula is C41H59F3N4O7S. The van der Waals surface area contributed by atoms with E-state index < -0.39 is 28.2 Å². The normalized spacial score (nSPS) is 25.6. The fourth-order valence-electron chi connectivity index (χ4n) is 9.13. The molecule has 56 heavy (non-hydrogen) atoms. The van der Waals surface area contributed by atoms with E-state index in [4.69, 9.17) is 19.4 Å². The number of carboxylic acids is 1. The van der Waals surface area contributed by atoms with Crippen LogP contribution in [0, 0.1) is 28.6 Å². The van der Waals surface area contributed by atoms with E-state index in [1.807, 2.05) is 24.3 Å². The zero-order chi connectivity index (χ0) is 41.4. The minimum Gasteiger partial charge on any atom is -0.475 e. The van der Waals surface area contributed by atoms with E-state index in [0.717, 1.165) is 47.6 Å². The maximum atomic E-state index is 13.7. The Kier molecular flexibility index (Phi) is 13.1. The van der Waals surface area contributed by atoms with Gasteiger partial charge in [0.1, 0.15) is 6.04 Å². The van der Waals surface area contributed by atoms with Crippen LogP contribution >= 0.6 is 0 Å². The summed E-state index contributed by atoms with van der Waals surface area (Å²) in [6.45, 7) is 16.5. The van der Waals surface area contributed by atoms with Gasteiger partial charge in [-0.1, -0.05) is 77.9 Å². The van der Waals surface area contributed by atoms with Crippen LogP contribution in [0.1, 0.15) is 83.9 Å². The van der Waals surface area contributed by atoms with Gasteiger partial charge >= 0.3 is 12.1 Å². The number of para-hydroxylation sites is 1. The lowest BCUT2D eigenvalue weighted by Gasteiger charge is -2.62. The highest BCUT2D eigenvalue weighted by Crippen LogP contribution is 2.61. The van der Waals surface area contributed by atoms with Gasteiger partial charge in [0.25, 0.3) is 0 Å². The van der Waals surface area contributed by atoms with Crippen LogP contribution in [0.15, 0.2) is 42.5 Å². The van der Waals surface area contributed by atoms with Crippen molar-refractivity contribution in [2.45, 2.75) is 111 Å². The Hall–Kier alpha value is -3.40. The number of halogens is 3. The van der Waals surface area contributed by atoms with Gasteiger partial charge in [0.15, 0.2) is 11.5 Å². The smallest absolute Gasteiger partial charge is 0.475 e. The Morgan fingerprint density at radius 1 is 1.04 bits per heavy atom. The number of amides is 1. The van der Waals surface area contributed by atoms with Crippen molar-refractivity contribution in [3.8, 4) is 11.5 Å². The number of nitrogens with one attached hydrogen (secondary N) is 1. The number of alkyl halides is 3. The minimum absolute atomic E-state index is 0.00323. The third-order valence-electron chi connectivity index (χ3n) is 12.1. The van der Waals surface area contributed by atoms with Crippen molar-refractivity contribution in [3.05, 3.63) is 59.2 Å². The number of carbonyl (C=O) groups excluding carboxylic acids is 1. The lowest BCUT2D eigenvalue weighted by Crippen LogP contribution is -2.61. The fraction of sp³-hybridized carbons (Fsp3) is 0.659. The van der Waals surface area contributed by atoms with Crippen LogP contribution in [-0.2, 0) is 39.2 Å². The number of sulfonamides is 1. The Bertz CT molecular complexity index is 1830. The quantitative estimate of drug-likeness (QED) is 0.247. The van der Waals surface area contributed by atoms with Crippen molar-refractivity contribution in [1.82, 2.24) is 19.4 Å². The van der Waals surface area contributed by atoms with E-state index in [2.05, 4.69) is 89.0 Å². The number of hydrogen-bond acceptors (Lipinski definition) is 8. The first-order chi connectivity index (χ1) is 26.0. The summed E-state index contributed by atoms with van der Waals surface area (Å²) >= 11 is 0. The number of aliphatic carboxylic acids is 1. The summed E-state index contributed by atoms with van der Waals surface area (Å²) in [5.41, 5.74) is 3.54. The van der Waals surface area contributed by atoms with Gasteiger partial charge in [0.2, 0.25) is 22.7 Å². The molecule has 0 spiro atoms. The Morgan fingerprint density at radius 3 is 2.30 bits per heavy atom. The zero-order valence-corrected chi connectivity index (χ0v) is 34.7. The van der Waals surface area contributed by atoms with E-state index in [-0.39, 0.29) is 42.5 Å². The number of nitrogens with zero attached hydrogens (tertiary/aromatic N) is 3. The summed E-state index contributed by atoms with van der Waals surface area (Å²) < 4.78 is 71.5. The molecule has 2 aromatic carbocycles. The number of carbonyl (C=O) groups is 2. The summed E-state index contributed by atoms with van der Waals surface area (Å²) in [5, 5.41) is 10.4. The molecule has 2 aromatic rings. The summed E-state index contributed by atoms with van der Waals surface area (Å²) in [7, 11) is 0.683. The van der Waals surface area contributed by atoms with Gasteiger partial charge < -0.3 is 24.8 Å². The van der Waals surface area contributed by atoms with Crippen molar-refractivity contribution in [3.63, 3.8) is 0 Å². The highest BCUT2D eigenvalue weighted by Gasteiger charge is 2.57. The molecule has 7 rings (SSSR count). The third kappa shape index (κ3) is 10.4. The molecule has 1 amide bonds. The van der Waals surface area contributed by atoms with Crippen molar-refractivity contribution < 1.29 is 45.8 Å². The molecule has 2 aliphatic heterocycles. The topological polar surface area (TPSA) is 129 Å². The maximum Gasteiger partial charge on any atom is 0.490 e. The molecule has 5 aliphatic rings. The first-order valence-corrected chi connectivity index (χ1v) is 21.0. The number of hydrogen-bond donors (Lipinski definition) is 2. The summed E-state index contributed by atoms with van der Waals surface area (Å²) in [5.74, 6) is 0.308. The molecule has 312 valence electrons. The predicted octanol–water partition coefficient (Wildman–Crippen LogP) is 6.51. The molecule has 2 N–H and O–H groups in total. The van der Waals surface area contributed by atoms with Gasteiger partial charge in [0.05, 0.1) is 5.75 Å². The van der Waals surface area contributed by atoms with Crippen molar-refractivity contribution in [1.29, 1.82) is 0 Å². The Morgan fingerprint density at radius 2 is 1.70 bits per heavy atom. The molecule has 1 saturated heterocycles. The summed E-state index contributed by atoms with van der Waals surface area (Å²) in [4.78, 5) is 27.4. The van der Waals surface area contributed by atoms with Crippen LogP contribution in [0.4, 0.5) is 13.2 Å². The van der Waals surface area contributed by atoms with Crippen LogP contribution in [-0.4, -0.2) is 97.0 Å². The zero-order valence-electron chi connectivity index (χ0n) is 33.9. The molecule has 3 saturated carbocycles. The average molecular weight is 809 g/mol. The van der Waals surface area contributed by atoms with Gasteiger partial charge in [-0.05, 0) is 85.6 Å². The molecular weight excluding hydrogens is 750 g/mol. The molecule has 3 aliphatic carbocycles. The van der Waals surface area contributed by atoms with E-state index in [0.29, 0.717) is 42.7 Å². The first kappa shape index (κ1) is 43.7. The number of benzene rings is 2. The second-order valence-electron chi connectivity index (χ2n) is 18.1. The average Bonchev–Trinajstić information content (AvgIpc) is 3.68. The fourth-order valence-corrected chi connectivity index (χ4v) is 10.8. The van der Waals surface area contributed by atoms with E-state index >= 15 is 0 Å². The minimum atomic E-state index is -5.08. The number of fused-ring (bicyclic) bond motifs is 3. The van der Waals surface area contributed by atoms with Gasteiger partial charge in [-0.3, -0.25) is 9.69 Å². The number of carboxylic acid groups (broad SMARTS) is 1. The van der Waals surface area contributed by atoms with Gasteiger partial charge in [0, 0.05) is 43.8 Å². The van der Waals surface area contributed by atoms with Crippen LogP contribution < -0.4 is 14.8 Å². The van der Waals surface area contributed by atoms with Crippen LogP contribution in [0.5, 0.6) is 11.5 Å². The van der Waals surface area contributed by atoms with Crippen molar-refractivity contribution in [2.75, 3.05) is 33.2 Å². The largest absolute Gasteiger partial charge is 0.490 e. The summed E-state index contributed by atoms with van der Waals surface area (Å²) in [6.07, 6.45) is -1.55. The monoisotopic (exact) mass is 808 g/mol. The number of rotatable bonds is 12. The lowest BCUT2D eigenvalue weighted by molar-refractivity contribution is -0.192. The lowest BCUT2D eigenvalue weighted by atomic mass is 9.45. The molecule has 15 heteroatoms. The maximum absolute atomic E-state index is 13.7. The highest BCUT2D eigenvalue weighted by atomic mass is 32.2. The second-order valence-corrected chi connectivity index (χ2v) is 20.1. The number of ether oxygens (including phenoxy) is 2. The first-order valence-electron chi connectivity index (χ1n) is 19.4. The standard InChI is InChI=1S/C39H58N4O5S.C2HF3O2/c1-26-32-18-30(39(32,5)6)19-33(26)40-37(44)34-15-16-49(45,46)43(34)22-28-12-9-11-27(17-28)21-42(31(24-41(7)8)20-38(2,3)4)23-29-13-10-14-35-36(29)48-25-47-35;3-2(4,5)1(6)7/h9-14,17,26,30-34H,15-16,18-25H2,1-8H3,(H,40,44);(H,6,7)/t26-,30+,31-,32-,33-,34?;/m0./s1. The second kappa shape index (κ2) is 16.8. The van der Waals surface area contributed by atoms with Crippen LogP contribution in [0.3, 0.4) is 0 Å². The predicted molar refractivity (Wildman–Crippen MR) is 207 cm³/mol. The van der Waals surface area contributed by atoms with Gasteiger partial charge in [-0.2, -0.15) is 17.5 Å². The van der Waals surface area contributed by atoms with E-state index in [1.54, 1.807) is 0 Å². The Labute approximate surface area is 329 Å². The van der Waals surface area contributed by atoms with Crippen LogP contribution in [0.2, 0.25) is 0 Å². The van der Waals surface area contributed by atoms with Gasteiger partial charge in [-0.15, -0.1) is 0 Å². The molecule has 1 unspecified atom stereocenters. The summed E-state index contributed by atoms with van der Waals surface area (Å²) in [6, 6.07) is 14.0. The molecule has 2 bridgehead atoms.